The fraction of sp³-hybridized carbons (Fsp3) is 0.737. The molecule has 0 aromatic heterocycles. The van der Waals surface area contributed by atoms with Gasteiger partial charge >= 0.3 is 0 Å². The number of amides is 4. The number of halogens is 2. The second kappa shape index (κ2) is 22.8. The topological polar surface area (TPSA) is 87.7 Å². The molecule has 1 aromatic rings. The van der Waals surface area contributed by atoms with Crippen molar-refractivity contribution in [2.75, 3.05) is 78.5 Å². The maximum absolute atomic E-state index is 13.5. The summed E-state index contributed by atoms with van der Waals surface area (Å²) < 4.78 is 0. The van der Waals surface area contributed by atoms with Crippen molar-refractivity contribution < 1.29 is 19.2 Å². The molecule has 2 fully saturated rings. The average molecular weight is 831 g/mol. The molecule has 1 aromatic carbocycles. The Bertz CT molecular complexity index is 1030. The van der Waals surface area contributed by atoms with Gasteiger partial charge in [-0.05, 0) is 79.4 Å². The lowest BCUT2D eigenvalue weighted by Gasteiger charge is -2.40. The minimum Gasteiger partial charge on any atom is -0.343 e. The van der Waals surface area contributed by atoms with E-state index >= 15 is 0 Å². The number of benzene rings is 1. The molecular formula is C38H66Br2N6O4. The third-order valence-corrected chi connectivity index (χ3v) is 10.6. The highest BCUT2D eigenvalue weighted by Crippen LogP contribution is 2.29. The number of piperidine rings is 2. The molecule has 10 nitrogen and oxygen atoms in total. The zero-order valence-corrected chi connectivity index (χ0v) is 35.5. The van der Waals surface area contributed by atoms with E-state index in [0.717, 1.165) is 11.1 Å². The molecule has 0 aliphatic carbocycles. The number of nitrogens with zero attached hydrogens (tertiary/aromatic N) is 6. The van der Waals surface area contributed by atoms with Crippen molar-refractivity contribution in [2.24, 2.45) is 23.7 Å². The van der Waals surface area contributed by atoms with Gasteiger partial charge in [0.1, 0.15) is 0 Å². The van der Waals surface area contributed by atoms with Crippen molar-refractivity contribution in [1.82, 2.24) is 29.4 Å². The van der Waals surface area contributed by atoms with Crippen LogP contribution in [0.5, 0.6) is 0 Å². The maximum atomic E-state index is 13.5. The zero-order chi connectivity index (χ0) is 35.4. The van der Waals surface area contributed by atoms with Crippen LogP contribution in [0, 0.1) is 23.7 Å². The molecule has 0 spiro atoms. The molecule has 0 radical (unpaired) electrons. The summed E-state index contributed by atoms with van der Waals surface area (Å²) in [4.78, 5) is 66.0. The Hall–Kier alpha value is -2.02. The molecule has 2 aliphatic rings. The van der Waals surface area contributed by atoms with Crippen LogP contribution in [0.2, 0.25) is 0 Å². The van der Waals surface area contributed by atoms with Crippen LogP contribution in [0.15, 0.2) is 24.3 Å². The maximum Gasteiger partial charge on any atom is 0.226 e. The van der Waals surface area contributed by atoms with Gasteiger partial charge in [0, 0.05) is 91.6 Å². The predicted molar refractivity (Wildman–Crippen MR) is 213 cm³/mol. The molecule has 2 saturated heterocycles. The molecule has 4 unspecified atom stereocenters. The lowest BCUT2D eigenvalue weighted by atomic mass is 9.86. The summed E-state index contributed by atoms with van der Waals surface area (Å²) >= 11 is 0. The molecule has 2 aliphatic heterocycles. The molecular weight excluding hydrogens is 764 g/mol. The predicted octanol–water partition coefficient (Wildman–Crippen LogP) is 5.19. The molecule has 2 heterocycles. The van der Waals surface area contributed by atoms with E-state index in [1.54, 1.807) is 0 Å². The Labute approximate surface area is 323 Å². The number of likely N-dealkylation sites (tertiary alicyclic amines) is 2. The first kappa shape index (κ1) is 46.0. The highest BCUT2D eigenvalue weighted by atomic mass is 79.9. The Morgan fingerprint density at radius 3 is 0.840 bits per heavy atom. The van der Waals surface area contributed by atoms with Crippen LogP contribution >= 0.6 is 34.0 Å². The molecule has 3 rings (SSSR count). The first-order valence-electron chi connectivity index (χ1n) is 18.7. The molecule has 50 heavy (non-hydrogen) atoms. The van der Waals surface area contributed by atoms with Crippen LogP contribution in [0.1, 0.15) is 79.4 Å². The Kier molecular flexibility index (Phi) is 21.0. The smallest absolute Gasteiger partial charge is 0.226 e. The Balaban J connectivity index is 0.00000625. The van der Waals surface area contributed by atoms with Crippen LogP contribution in [0.3, 0.4) is 0 Å². The van der Waals surface area contributed by atoms with Crippen molar-refractivity contribution in [3.05, 3.63) is 35.4 Å². The number of rotatable bonds is 16. The van der Waals surface area contributed by atoms with E-state index < -0.39 is 0 Å². The van der Waals surface area contributed by atoms with Gasteiger partial charge in [0.2, 0.25) is 23.6 Å². The lowest BCUT2D eigenvalue weighted by molar-refractivity contribution is -0.144. The molecule has 286 valence electrons. The van der Waals surface area contributed by atoms with Crippen LogP contribution in [0.4, 0.5) is 0 Å². The summed E-state index contributed by atoms with van der Waals surface area (Å²) in [6, 6.07) is 8.58. The average Bonchev–Trinajstić information content (AvgIpc) is 3.10. The van der Waals surface area contributed by atoms with Gasteiger partial charge in [0.15, 0.2) is 0 Å². The Morgan fingerprint density at radius 1 is 0.460 bits per heavy atom. The van der Waals surface area contributed by atoms with Crippen LogP contribution in [0.25, 0.3) is 0 Å². The van der Waals surface area contributed by atoms with E-state index in [1.165, 1.54) is 0 Å². The summed E-state index contributed by atoms with van der Waals surface area (Å²) in [5, 5.41) is 0. The van der Waals surface area contributed by atoms with E-state index in [1.807, 2.05) is 75.0 Å². The lowest BCUT2D eigenvalue weighted by Crippen LogP contribution is -2.51. The molecule has 4 atom stereocenters. The van der Waals surface area contributed by atoms with Gasteiger partial charge < -0.3 is 19.6 Å². The summed E-state index contributed by atoms with van der Waals surface area (Å²) in [6.07, 6.45) is 1.21. The molecule has 12 heteroatoms. The molecule has 0 N–H and O–H groups in total. The van der Waals surface area contributed by atoms with Crippen molar-refractivity contribution in [2.45, 2.75) is 81.3 Å². The summed E-state index contributed by atoms with van der Waals surface area (Å²) in [7, 11) is 0. The van der Waals surface area contributed by atoms with E-state index in [4.69, 9.17) is 0 Å². The quantitative estimate of drug-likeness (QED) is 0.228. The van der Waals surface area contributed by atoms with Gasteiger partial charge in [-0.1, -0.05) is 24.3 Å². The van der Waals surface area contributed by atoms with Crippen LogP contribution < -0.4 is 0 Å². The molecule has 4 amide bonds. The van der Waals surface area contributed by atoms with Gasteiger partial charge in [-0.2, -0.15) is 0 Å². The van der Waals surface area contributed by atoms with Gasteiger partial charge in [0.05, 0.1) is 23.7 Å². The first-order chi connectivity index (χ1) is 23.1. The van der Waals surface area contributed by atoms with Crippen LogP contribution in [-0.2, 0) is 32.3 Å². The monoisotopic (exact) mass is 828 g/mol. The van der Waals surface area contributed by atoms with Gasteiger partial charge in [-0.3, -0.25) is 29.0 Å². The number of hydrogen-bond acceptors (Lipinski definition) is 6. The third-order valence-electron chi connectivity index (χ3n) is 10.6. The summed E-state index contributed by atoms with van der Waals surface area (Å²) in [5.41, 5.74) is 2.29. The summed E-state index contributed by atoms with van der Waals surface area (Å²) in [6.45, 7) is 25.4. The van der Waals surface area contributed by atoms with Crippen molar-refractivity contribution in [3.63, 3.8) is 0 Å². The van der Waals surface area contributed by atoms with Gasteiger partial charge in [-0.25, -0.2) is 0 Å². The zero-order valence-electron chi connectivity index (χ0n) is 32.1. The fourth-order valence-corrected chi connectivity index (χ4v) is 7.80. The number of carbonyl (C=O) groups excluding carboxylic acids is 4. The van der Waals surface area contributed by atoms with E-state index in [2.05, 4.69) is 34.1 Å². The second-order valence-electron chi connectivity index (χ2n) is 13.5. The number of hydrogen-bond donors (Lipinski definition) is 0. The fourth-order valence-electron chi connectivity index (χ4n) is 7.80. The van der Waals surface area contributed by atoms with Crippen molar-refractivity contribution in [1.29, 1.82) is 0 Å². The normalized spacial score (nSPS) is 21.0. The first-order valence-corrected chi connectivity index (χ1v) is 18.7. The van der Waals surface area contributed by atoms with Crippen LogP contribution in [-0.4, -0.2) is 132 Å². The Morgan fingerprint density at radius 2 is 0.660 bits per heavy atom. The van der Waals surface area contributed by atoms with Gasteiger partial charge in [0.25, 0.3) is 0 Å². The summed E-state index contributed by atoms with van der Waals surface area (Å²) in [5.74, 6) is -0.185. The van der Waals surface area contributed by atoms with E-state index in [0.29, 0.717) is 104 Å². The highest BCUT2D eigenvalue weighted by Gasteiger charge is 2.39. The SMILES string of the molecule is Br.Br.CCN(CC)C(=O)C1CC(C(=O)N(CC)CC)CN(Cc2ccc(CN3CC(C(=O)N(CC)CC)CC(C(=O)N(CC)CC)C3)cc2)C1. The molecule has 0 bridgehead atoms. The molecule has 0 saturated carbocycles. The van der Waals surface area contributed by atoms with Crippen molar-refractivity contribution >= 4 is 57.6 Å². The van der Waals surface area contributed by atoms with E-state index in [-0.39, 0.29) is 81.3 Å². The highest BCUT2D eigenvalue weighted by molar-refractivity contribution is 8.93. The standard InChI is InChI=1S/C38H64N6O4.2BrH/c1-9-41(10-2)35(45)31-21-32(36(46)42(11-3)12-4)26-39(25-31)23-29-17-19-30(20-18-29)24-40-27-33(37(47)43(13-5)14-6)22-34(28-40)38(48)44(15-7)16-8;;/h17-20,31-34H,9-16,21-28H2,1-8H3;2*1H. The third kappa shape index (κ3) is 12.0. The largest absolute Gasteiger partial charge is 0.343 e. The van der Waals surface area contributed by atoms with Gasteiger partial charge in [-0.15, -0.1) is 34.0 Å². The number of carbonyl (C=O) groups is 4. The van der Waals surface area contributed by atoms with Crippen molar-refractivity contribution in [3.8, 4) is 0 Å². The second-order valence-corrected chi connectivity index (χ2v) is 13.5. The minimum atomic E-state index is -0.194. The minimum absolute atomic E-state index is 0. The van der Waals surface area contributed by atoms with E-state index in [9.17, 15) is 19.2 Å².